The highest BCUT2D eigenvalue weighted by atomic mass is 35.5. The van der Waals surface area contributed by atoms with E-state index in [4.69, 9.17) is 33.0 Å². The number of methoxy groups -OCH3 is 1. The Balaban J connectivity index is 1.70. The second-order valence-corrected chi connectivity index (χ2v) is 7.98. The van der Waals surface area contributed by atoms with E-state index in [2.05, 4.69) is 5.32 Å². The number of hydrogen-bond donors (Lipinski definition) is 1. The van der Waals surface area contributed by atoms with Crippen molar-refractivity contribution in [2.75, 3.05) is 12.0 Å². The fourth-order valence-electron chi connectivity index (χ4n) is 3.43. The van der Waals surface area contributed by atoms with Crippen molar-refractivity contribution in [1.29, 1.82) is 0 Å². The zero-order valence-corrected chi connectivity index (χ0v) is 19.4. The van der Waals surface area contributed by atoms with Crippen LogP contribution in [-0.4, -0.2) is 29.0 Å². The third kappa shape index (κ3) is 4.16. The number of nitro groups is 1. The van der Waals surface area contributed by atoms with Gasteiger partial charge in [0.1, 0.15) is 22.8 Å². The standard InChI is InChI=1S/C23H16ClN3O6S/c1-12-17(24)4-3-5-18(12)26-22(29)16(21(28)25-23(26)34)11-14-7-9-19(33-14)15-8-6-13(27(30)31)10-20(15)32-2/h3-11H,1-2H3,(H,25,28,34)/b16-11+. The van der Waals surface area contributed by atoms with Gasteiger partial charge in [-0.25, -0.2) is 0 Å². The van der Waals surface area contributed by atoms with Gasteiger partial charge >= 0.3 is 0 Å². The number of furan rings is 1. The van der Waals surface area contributed by atoms with E-state index in [1.165, 1.54) is 36.3 Å². The van der Waals surface area contributed by atoms with E-state index in [1.807, 2.05) is 0 Å². The predicted molar refractivity (Wildman–Crippen MR) is 130 cm³/mol. The average Bonchev–Trinajstić information content (AvgIpc) is 3.27. The number of rotatable bonds is 5. The summed E-state index contributed by atoms with van der Waals surface area (Å²) >= 11 is 11.4. The maximum absolute atomic E-state index is 13.2. The first kappa shape index (κ1) is 23.1. The van der Waals surface area contributed by atoms with Crippen molar-refractivity contribution in [2.45, 2.75) is 6.92 Å². The van der Waals surface area contributed by atoms with Crippen molar-refractivity contribution in [1.82, 2.24) is 5.32 Å². The Labute approximate surface area is 203 Å². The quantitative estimate of drug-likeness (QED) is 0.179. The molecule has 0 bridgehead atoms. The Bertz CT molecular complexity index is 1400. The molecule has 172 valence electrons. The predicted octanol–water partition coefficient (Wildman–Crippen LogP) is 4.66. The van der Waals surface area contributed by atoms with Crippen LogP contribution in [0.1, 0.15) is 11.3 Å². The van der Waals surface area contributed by atoms with Crippen LogP contribution in [0.5, 0.6) is 5.75 Å². The number of hydrogen-bond acceptors (Lipinski definition) is 7. The summed E-state index contributed by atoms with van der Waals surface area (Å²) in [6.45, 7) is 1.74. The SMILES string of the molecule is COc1cc([N+](=O)[O-])ccc1-c1ccc(/C=C2\C(=O)NC(=S)N(c3cccc(Cl)c3C)C2=O)o1. The normalized spacial score (nSPS) is 15.0. The van der Waals surface area contributed by atoms with Crippen LogP contribution < -0.4 is 15.0 Å². The molecule has 0 atom stereocenters. The number of carbonyl (C=O) groups excluding carboxylic acids is 2. The number of anilines is 1. The molecular weight excluding hydrogens is 482 g/mol. The maximum Gasteiger partial charge on any atom is 0.273 e. The molecule has 9 nitrogen and oxygen atoms in total. The van der Waals surface area contributed by atoms with Gasteiger partial charge in [0.15, 0.2) is 5.11 Å². The molecule has 2 aromatic carbocycles. The van der Waals surface area contributed by atoms with Crippen LogP contribution >= 0.6 is 23.8 Å². The molecule has 0 spiro atoms. The summed E-state index contributed by atoms with van der Waals surface area (Å²) in [4.78, 5) is 37.5. The number of amides is 2. The van der Waals surface area contributed by atoms with Crippen molar-refractivity contribution in [2.24, 2.45) is 0 Å². The minimum atomic E-state index is -0.670. The highest BCUT2D eigenvalue weighted by Crippen LogP contribution is 2.35. The number of carbonyl (C=O) groups is 2. The number of benzene rings is 2. The molecule has 34 heavy (non-hydrogen) atoms. The average molecular weight is 498 g/mol. The summed E-state index contributed by atoms with van der Waals surface area (Å²) < 4.78 is 11.0. The van der Waals surface area contributed by atoms with Gasteiger partial charge in [-0.15, -0.1) is 0 Å². The summed E-state index contributed by atoms with van der Waals surface area (Å²) in [5.41, 5.74) is 1.22. The zero-order valence-electron chi connectivity index (χ0n) is 17.8. The smallest absolute Gasteiger partial charge is 0.273 e. The number of halogens is 1. The summed E-state index contributed by atoms with van der Waals surface area (Å²) in [7, 11) is 1.38. The van der Waals surface area contributed by atoms with Crippen LogP contribution in [0.2, 0.25) is 5.02 Å². The minimum absolute atomic E-state index is 0.0618. The van der Waals surface area contributed by atoms with Crippen LogP contribution in [-0.2, 0) is 9.59 Å². The van der Waals surface area contributed by atoms with E-state index in [-0.39, 0.29) is 27.9 Å². The van der Waals surface area contributed by atoms with E-state index >= 15 is 0 Å². The summed E-state index contributed by atoms with van der Waals surface area (Å²) in [5, 5.41) is 13.9. The molecule has 1 aromatic heterocycles. The van der Waals surface area contributed by atoms with Crippen molar-refractivity contribution in [3.05, 3.63) is 80.6 Å². The fraction of sp³-hybridized carbons (Fsp3) is 0.0870. The molecule has 2 heterocycles. The van der Waals surface area contributed by atoms with Gasteiger partial charge in [-0.1, -0.05) is 17.7 Å². The van der Waals surface area contributed by atoms with Crippen molar-refractivity contribution in [3.63, 3.8) is 0 Å². The molecule has 11 heteroatoms. The third-order valence-electron chi connectivity index (χ3n) is 5.16. The van der Waals surface area contributed by atoms with E-state index in [0.717, 1.165) is 0 Å². The van der Waals surface area contributed by atoms with Crippen LogP contribution in [0.3, 0.4) is 0 Å². The Hall–Kier alpha value is -4.02. The largest absolute Gasteiger partial charge is 0.496 e. The first-order chi connectivity index (χ1) is 16.2. The summed E-state index contributed by atoms with van der Waals surface area (Å²) in [6, 6.07) is 12.3. The van der Waals surface area contributed by atoms with Gasteiger partial charge in [0.05, 0.1) is 29.4 Å². The molecule has 0 aliphatic carbocycles. The van der Waals surface area contributed by atoms with Crippen LogP contribution in [0.15, 0.2) is 58.5 Å². The molecule has 0 radical (unpaired) electrons. The highest BCUT2D eigenvalue weighted by Gasteiger charge is 2.35. The zero-order chi connectivity index (χ0) is 24.6. The van der Waals surface area contributed by atoms with Gasteiger partial charge in [0.25, 0.3) is 17.5 Å². The monoisotopic (exact) mass is 497 g/mol. The number of non-ortho nitro benzene ring substituents is 1. The topological polar surface area (TPSA) is 115 Å². The second-order valence-electron chi connectivity index (χ2n) is 7.19. The van der Waals surface area contributed by atoms with E-state index in [0.29, 0.717) is 27.6 Å². The maximum atomic E-state index is 13.2. The first-order valence-corrected chi connectivity index (χ1v) is 10.6. The van der Waals surface area contributed by atoms with Gasteiger partial charge in [-0.2, -0.15) is 0 Å². The summed E-state index contributed by atoms with van der Waals surface area (Å²) in [5.74, 6) is -0.520. The number of nitro benzene ring substituents is 1. The lowest BCUT2D eigenvalue weighted by Crippen LogP contribution is -2.54. The van der Waals surface area contributed by atoms with Crippen LogP contribution in [0.4, 0.5) is 11.4 Å². The molecule has 2 amide bonds. The molecule has 1 aliphatic rings. The Morgan fingerprint density at radius 1 is 1.21 bits per heavy atom. The van der Waals surface area contributed by atoms with Gasteiger partial charge < -0.3 is 9.15 Å². The Morgan fingerprint density at radius 3 is 2.68 bits per heavy atom. The number of thiocarbonyl (C=S) groups is 1. The Kier molecular flexibility index (Phi) is 6.18. The lowest BCUT2D eigenvalue weighted by atomic mass is 10.1. The molecule has 1 fully saturated rings. The lowest BCUT2D eigenvalue weighted by molar-refractivity contribution is -0.384. The van der Waals surface area contributed by atoms with Crippen molar-refractivity contribution >= 4 is 58.2 Å². The molecule has 1 aliphatic heterocycles. The number of nitrogens with zero attached hydrogens (tertiary/aromatic N) is 2. The molecule has 4 rings (SSSR count). The molecule has 1 saturated heterocycles. The van der Waals surface area contributed by atoms with Crippen molar-refractivity contribution < 1.29 is 23.7 Å². The first-order valence-electron chi connectivity index (χ1n) is 9.80. The molecule has 1 N–H and O–H groups in total. The molecule has 0 unspecified atom stereocenters. The highest BCUT2D eigenvalue weighted by molar-refractivity contribution is 7.80. The fourth-order valence-corrected chi connectivity index (χ4v) is 3.87. The molecule has 0 saturated carbocycles. The van der Waals surface area contributed by atoms with E-state index in [9.17, 15) is 19.7 Å². The van der Waals surface area contributed by atoms with Crippen LogP contribution in [0.25, 0.3) is 17.4 Å². The van der Waals surface area contributed by atoms with E-state index < -0.39 is 16.7 Å². The third-order valence-corrected chi connectivity index (χ3v) is 5.85. The van der Waals surface area contributed by atoms with Crippen LogP contribution in [0, 0.1) is 17.0 Å². The van der Waals surface area contributed by atoms with E-state index in [1.54, 1.807) is 37.3 Å². The summed E-state index contributed by atoms with van der Waals surface area (Å²) in [6.07, 6.45) is 1.30. The van der Waals surface area contributed by atoms with Crippen molar-refractivity contribution in [3.8, 4) is 17.1 Å². The van der Waals surface area contributed by atoms with Gasteiger partial charge in [0.2, 0.25) is 0 Å². The lowest BCUT2D eigenvalue weighted by Gasteiger charge is -2.30. The number of ether oxygens (including phenoxy) is 1. The molecular formula is C23H16ClN3O6S. The van der Waals surface area contributed by atoms with Gasteiger partial charge in [0, 0.05) is 11.1 Å². The minimum Gasteiger partial charge on any atom is -0.496 e. The van der Waals surface area contributed by atoms with Gasteiger partial charge in [-0.3, -0.25) is 29.9 Å². The van der Waals surface area contributed by atoms with Gasteiger partial charge in [-0.05, 0) is 61.1 Å². The molecule has 3 aromatic rings. The number of nitrogens with one attached hydrogen (secondary N) is 1. The second kappa shape index (κ2) is 9.08. The Morgan fingerprint density at radius 2 is 1.97 bits per heavy atom.